The summed E-state index contributed by atoms with van der Waals surface area (Å²) in [6, 6.07) is 10.5. The Labute approximate surface area is 177 Å². The van der Waals surface area contributed by atoms with Crippen molar-refractivity contribution in [3.8, 4) is 5.75 Å². The highest BCUT2D eigenvalue weighted by Gasteiger charge is 2.32. The first-order valence-corrected chi connectivity index (χ1v) is 10.1. The number of pyridine rings is 1. The van der Waals surface area contributed by atoms with Gasteiger partial charge < -0.3 is 9.64 Å². The SMILES string of the molecule is FC(F)(F)Oc1ccc2c(c1)C(c1ccnc(N3CCC(n4cccn4)CC3)c1)=NC2. The number of ether oxygens (including phenoxy) is 1. The van der Waals surface area contributed by atoms with Crippen LogP contribution in [0, 0.1) is 0 Å². The van der Waals surface area contributed by atoms with E-state index in [1.54, 1.807) is 18.5 Å². The van der Waals surface area contributed by atoms with Gasteiger partial charge in [-0.15, -0.1) is 13.2 Å². The smallest absolute Gasteiger partial charge is 0.406 e. The van der Waals surface area contributed by atoms with E-state index in [-0.39, 0.29) is 5.75 Å². The van der Waals surface area contributed by atoms with Gasteiger partial charge in [-0.05, 0) is 48.7 Å². The summed E-state index contributed by atoms with van der Waals surface area (Å²) in [7, 11) is 0. The summed E-state index contributed by atoms with van der Waals surface area (Å²) < 4.78 is 43.9. The lowest BCUT2D eigenvalue weighted by molar-refractivity contribution is -0.274. The number of benzene rings is 1. The van der Waals surface area contributed by atoms with Gasteiger partial charge in [0, 0.05) is 42.8 Å². The molecule has 2 aliphatic rings. The second kappa shape index (κ2) is 7.72. The highest BCUT2D eigenvalue weighted by Crippen LogP contribution is 2.31. The molecule has 0 aliphatic carbocycles. The standard InChI is InChI=1S/C22H20F3N5O/c23-22(24,25)31-18-3-2-16-14-27-21(19(16)13-18)15-4-8-26-20(12-15)29-10-5-17(6-11-29)30-9-1-7-28-30/h1-4,7-9,12-13,17H,5-6,10-11,14H2. The zero-order valence-corrected chi connectivity index (χ0v) is 16.6. The molecule has 160 valence electrons. The number of aromatic nitrogens is 3. The van der Waals surface area contributed by atoms with Crippen molar-refractivity contribution in [3.63, 3.8) is 0 Å². The summed E-state index contributed by atoms with van der Waals surface area (Å²) in [5.41, 5.74) is 3.04. The van der Waals surface area contributed by atoms with E-state index in [4.69, 9.17) is 0 Å². The molecule has 2 aromatic heterocycles. The summed E-state index contributed by atoms with van der Waals surface area (Å²) in [4.78, 5) is 11.3. The normalized spacial score (nSPS) is 16.9. The maximum atomic E-state index is 12.6. The van der Waals surface area contributed by atoms with Crippen LogP contribution in [0.5, 0.6) is 5.75 Å². The maximum absolute atomic E-state index is 12.6. The molecule has 0 bridgehead atoms. The summed E-state index contributed by atoms with van der Waals surface area (Å²) in [6.07, 6.45) is 2.72. The van der Waals surface area contributed by atoms with Crippen LogP contribution in [0.25, 0.3) is 0 Å². The zero-order chi connectivity index (χ0) is 21.4. The first kappa shape index (κ1) is 19.6. The van der Waals surface area contributed by atoms with Crippen LogP contribution in [-0.2, 0) is 6.54 Å². The number of nitrogens with zero attached hydrogens (tertiary/aromatic N) is 5. The molecule has 0 radical (unpaired) electrons. The maximum Gasteiger partial charge on any atom is 0.573 e. The summed E-state index contributed by atoms with van der Waals surface area (Å²) in [6.45, 7) is 2.14. The van der Waals surface area contributed by atoms with Gasteiger partial charge in [-0.25, -0.2) is 4.98 Å². The number of hydrogen-bond acceptors (Lipinski definition) is 5. The molecule has 0 unspecified atom stereocenters. The van der Waals surface area contributed by atoms with Crippen LogP contribution >= 0.6 is 0 Å². The molecule has 1 aromatic carbocycles. The fraction of sp³-hybridized carbons (Fsp3) is 0.318. The number of rotatable bonds is 4. The number of piperidine rings is 1. The van der Waals surface area contributed by atoms with Crippen LogP contribution in [0.4, 0.5) is 19.0 Å². The number of fused-ring (bicyclic) bond motifs is 1. The lowest BCUT2D eigenvalue weighted by atomic mass is 10.00. The van der Waals surface area contributed by atoms with Crippen molar-refractivity contribution in [1.29, 1.82) is 0 Å². The van der Waals surface area contributed by atoms with Crippen LogP contribution < -0.4 is 9.64 Å². The molecule has 0 saturated carbocycles. The van der Waals surface area contributed by atoms with Gasteiger partial charge in [0.2, 0.25) is 0 Å². The minimum Gasteiger partial charge on any atom is -0.406 e. The Morgan fingerprint density at radius 1 is 1.03 bits per heavy atom. The van der Waals surface area contributed by atoms with Crippen molar-refractivity contribution in [2.45, 2.75) is 31.8 Å². The Hall–Kier alpha value is -3.36. The average Bonchev–Trinajstić information content (AvgIpc) is 3.43. The van der Waals surface area contributed by atoms with Crippen LogP contribution in [0.2, 0.25) is 0 Å². The van der Waals surface area contributed by atoms with Crippen molar-refractivity contribution in [3.05, 3.63) is 71.7 Å². The van der Waals surface area contributed by atoms with Crippen LogP contribution in [0.3, 0.4) is 0 Å². The number of alkyl halides is 3. The molecule has 0 N–H and O–H groups in total. The number of halogens is 3. The molecule has 0 atom stereocenters. The monoisotopic (exact) mass is 427 g/mol. The van der Waals surface area contributed by atoms with Crippen LogP contribution in [0.1, 0.15) is 35.6 Å². The predicted octanol–water partition coefficient (Wildman–Crippen LogP) is 4.37. The topological polar surface area (TPSA) is 55.5 Å². The van der Waals surface area contributed by atoms with E-state index in [0.717, 1.165) is 42.9 Å². The summed E-state index contributed by atoms with van der Waals surface area (Å²) in [5.74, 6) is 0.603. The van der Waals surface area contributed by atoms with Gasteiger partial charge in [-0.1, -0.05) is 6.07 Å². The van der Waals surface area contributed by atoms with Crippen molar-refractivity contribution >= 4 is 11.5 Å². The van der Waals surface area contributed by atoms with E-state index >= 15 is 0 Å². The third-order valence-corrected chi connectivity index (χ3v) is 5.68. The van der Waals surface area contributed by atoms with E-state index in [9.17, 15) is 13.2 Å². The first-order valence-electron chi connectivity index (χ1n) is 10.1. The molecule has 9 heteroatoms. The summed E-state index contributed by atoms with van der Waals surface area (Å²) in [5, 5.41) is 4.34. The van der Waals surface area contributed by atoms with Gasteiger partial charge >= 0.3 is 6.36 Å². The van der Waals surface area contributed by atoms with Gasteiger partial charge in [0.1, 0.15) is 11.6 Å². The summed E-state index contributed by atoms with van der Waals surface area (Å²) >= 11 is 0. The molecule has 31 heavy (non-hydrogen) atoms. The molecule has 5 rings (SSSR count). The van der Waals surface area contributed by atoms with Crippen LogP contribution in [-0.4, -0.2) is 39.9 Å². The number of anilines is 1. The third kappa shape index (κ3) is 4.12. The number of hydrogen-bond donors (Lipinski definition) is 0. The number of aliphatic imine (C=N–C) groups is 1. The van der Waals surface area contributed by atoms with Crippen molar-refractivity contribution in [1.82, 2.24) is 14.8 Å². The Kier molecular flexibility index (Phi) is 4.88. The fourth-order valence-corrected chi connectivity index (χ4v) is 4.20. The molecular formula is C22H20F3N5O. The second-order valence-corrected chi connectivity index (χ2v) is 7.64. The third-order valence-electron chi connectivity index (χ3n) is 5.68. The molecule has 6 nitrogen and oxygen atoms in total. The lowest BCUT2D eigenvalue weighted by Crippen LogP contribution is -2.35. The molecular weight excluding hydrogens is 407 g/mol. The molecule has 1 saturated heterocycles. The minimum atomic E-state index is -4.73. The van der Waals surface area contributed by atoms with Gasteiger partial charge in [0.25, 0.3) is 0 Å². The van der Waals surface area contributed by atoms with Gasteiger partial charge in [0.05, 0.1) is 18.3 Å². The average molecular weight is 427 g/mol. The molecule has 0 amide bonds. The first-order chi connectivity index (χ1) is 15.0. The largest absolute Gasteiger partial charge is 0.573 e. The van der Waals surface area contributed by atoms with E-state index in [2.05, 4.69) is 24.7 Å². The van der Waals surface area contributed by atoms with E-state index in [1.807, 2.05) is 29.1 Å². The predicted molar refractivity (Wildman–Crippen MR) is 109 cm³/mol. The van der Waals surface area contributed by atoms with Crippen molar-refractivity contribution < 1.29 is 17.9 Å². The molecule has 2 aliphatic heterocycles. The van der Waals surface area contributed by atoms with Crippen molar-refractivity contribution in [2.24, 2.45) is 4.99 Å². The fourth-order valence-electron chi connectivity index (χ4n) is 4.20. The zero-order valence-electron chi connectivity index (χ0n) is 16.6. The van der Waals surface area contributed by atoms with Crippen molar-refractivity contribution in [2.75, 3.05) is 18.0 Å². The minimum absolute atomic E-state index is 0.240. The molecule has 4 heterocycles. The molecule has 1 fully saturated rings. The Morgan fingerprint density at radius 2 is 1.87 bits per heavy atom. The van der Waals surface area contributed by atoms with E-state index < -0.39 is 6.36 Å². The Bertz CT molecular complexity index is 1100. The van der Waals surface area contributed by atoms with Gasteiger partial charge in [-0.2, -0.15) is 5.10 Å². The highest BCUT2D eigenvalue weighted by molar-refractivity contribution is 6.15. The molecule has 3 aromatic rings. The van der Waals surface area contributed by atoms with Gasteiger partial charge in [-0.3, -0.25) is 9.67 Å². The quantitative estimate of drug-likeness (QED) is 0.621. The van der Waals surface area contributed by atoms with Gasteiger partial charge in [0.15, 0.2) is 0 Å². The second-order valence-electron chi connectivity index (χ2n) is 7.64. The Balaban J connectivity index is 1.35. The lowest BCUT2D eigenvalue weighted by Gasteiger charge is -2.33. The van der Waals surface area contributed by atoms with E-state index in [1.165, 1.54) is 12.1 Å². The Morgan fingerprint density at radius 3 is 2.61 bits per heavy atom. The highest BCUT2D eigenvalue weighted by atomic mass is 19.4. The molecule has 0 spiro atoms. The van der Waals surface area contributed by atoms with E-state index in [0.29, 0.717) is 23.9 Å². The van der Waals surface area contributed by atoms with Crippen LogP contribution in [0.15, 0.2) is 60.0 Å².